The molecule has 90 valence electrons. The summed E-state index contributed by atoms with van der Waals surface area (Å²) < 4.78 is 0. The molecule has 0 saturated carbocycles. The Bertz CT molecular complexity index is 315. The Labute approximate surface area is 97.3 Å². The molecule has 0 saturated heterocycles. The highest BCUT2D eigenvalue weighted by Gasteiger charge is 2.06. The van der Waals surface area contributed by atoms with Crippen LogP contribution >= 0.6 is 0 Å². The molecule has 1 atom stereocenters. The van der Waals surface area contributed by atoms with Crippen molar-refractivity contribution in [1.29, 1.82) is 0 Å². The minimum Gasteiger partial charge on any atom is -0.393 e. The number of nitrogens with one attached hydrogen (secondary N) is 1. The molecule has 1 unspecified atom stereocenters. The Morgan fingerprint density at radius 1 is 1.56 bits per heavy atom. The molecule has 1 aromatic heterocycles. The van der Waals surface area contributed by atoms with Crippen molar-refractivity contribution in [2.24, 2.45) is 0 Å². The smallest absolute Gasteiger partial charge is 0.130 e. The van der Waals surface area contributed by atoms with Crippen LogP contribution < -0.4 is 5.32 Å². The van der Waals surface area contributed by atoms with Crippen LogP contribution in [0.15, 0.2) is 18.3 Å². The first-order valence-corrected chi connectivity index (χ1v) is 5.61. The summed E-state index contributed by atoms with van der Waals surface area (Å²) in [5.74, 6) is 0.923. The molecule has 0 bridgehead atoms. The normalized spacial score (nSPS) is 12.8. The standard InChI is InChI=1S/C12H21N3O/c1-10(16)6-8-15(3)9-11-5-4-7-14-12(11)13-2/h4-5,7,10,16H,6,8-9H2,1-3H3,(H,13,14). The Kier molecular flexibility index (Phi) is 5.22. The molecule has 16 heavy (non-hydrogen) atoms. The van der Waals surface area contributed by atoms with Crippen LogP contribution in [0, 0.1) is 0 Å². The lowest BCUT2D eigenvalue weighted by atomic mass is 10.2. The lowest BCUT2D eigenvalue weighted by Gasteiger charge is -2.18. The van der Waals surface area contributed by atoms with Crippen molar-refractivity contribution < 1.29 is 5.11 Å². The van der Waals surface area contributed by atoms with Gasteiger partial charge in [0.15, 0.2) is 0 Å². The summed E-state index contributed by atoms with van der Waals surface area (Å²) in [7, 11) is 3.93. The third-order valence-electron chi connectivity index (χ3n) is 2.50. The van der Waals surface area contributed by atoms with Crippen molar-refractivity contribution in [3.8, 4) is 0 Å². The first kappa shape index (κ1) is 12.9. The minimum atomic E-state index is -0.236. The van der Waals surface area contributed by atoms with E-state index in [1.165, 1.54) is 5.56 Å². The van der Waals surface area contributed by atoms with E-state index in [1.807, 2.05) is 20.0 Å². The topological polar surface area (TPSA) is 48.4 Å². The molecule has 0 aromatic carbocycles. The zero-order valence-electron chi connectivity index (χ0n) is 10.3. The van der Waals surface area contributed by atoms with E-state index in [0.717, 1.165) is 25.3 Å². The average Bonchev–Trinajstić information content (AvgIpc) is 2.27. The maximum atomic E-state index is 9.22. The van der Waals surface area contributed by atoms with E-state index in [0.29, 0.717) is 0 Å². The number of aliphatic hydroxyl groups is 1. The molecule has 4 nitrogen and oxygen atoms in total. The molecule has 0 fully saturated rings. The fraction of sp³-hybridized carbons (Fsp3) is 0.583. The fourth-order valence-corrected chi connectivity index (χ4v) is 1.57. The van der Waals surface area contributed by atoms with E-state index >= 15 is 0 Å². The van der Waals surface area contributed by atoms with E-state index in [-0.39, 0.29) is 6.10 Å². The lowest BCUT2D eigenvalue weighted by molar-refractivity contribution is 0.163. The molecule has 0 spiro atoms. The highest BCUT2D eigenvalue weighted by atomic mass is 16.3. The van der Waals surface area contributed by atoms with Crippen LogP contribution in [-0.2, 0) is 6.54 Å². The third-order valence-corrected chi connectivity index (χ3v) is 2.50. The predicted octanol–water partition coefficient (Wildman–Crippen LogP) is 1.33. The van der Waals surface area contributed by atoms with Crippen molar-refractivity contribution in [2.75, 3.05) is 26.0 Å². The van der Waals surface area contributed by atoms with Crippen molar-refractivity contribution >= 4 is 5.82 Å². The third kappa shape index (κ3) is 4.16. The molecule has 1 rings (SSSR count). The number of hydrogen-bond donors (Lipinski definition) is 2. The Hall–Kier alpha value is -1.13. The summed E-state index contributed by atoms with van der Waals surface area (Å²) in [6, 6.07) is 4.01. The molecular weight excluding hydrogens is 202 g/mol. The van der Waals surface area contributed by atoms with Gasteiger partial charge in [-0.05, 0) is 26.5 Å². The van der Waals surface area contributed by atoms with Crippen LogP contribution in [-0.4, -0.2) is 41.7 Å². The largest absolute Gasteiger partial charge is 0.393 e. The van der Waals surface area contributed by atoms with Gasteiger partial charge in [-0.1, -0.05) is 6.07 Å². The minimum absolute atomic E-state index is 0.236. The van der Waals surface area contributed by atoms with Crippen LogP contribution in [0.3, 0.4) is 0 Å². The van der Waals surface area contributed by atoms with Gasteiger partial charge >= 0.3 is 0 Å². The Morgan fingerprint density at radius 3 is 2.94 bits per heavy atom. The zero-order chi connectivity index (χ0) is 12.0. The molecule has 1 aromatic rings. The van der Waals surface area contributed by atoms with Gasteiger partial charge in [-0.3, -0.25) is 0 Å². The second-order valence-electron chi connectivity index (χ2n) is 4.14. The fourth-order valence-electron chi connectivity index (χ4n) is 1.57. The maximum absolute atomic E-state index is 9.22. The van der Waals surface area contributed by atoms with Gasteiger partial charge in [0.1, 0.15) is 5.82 Å². The quantitative estimate of drug-likeness (QED) is 0.764. The van der Waals surface area contributed by atoms with E-state index in [4.69, 9.17) is 0 Å². The monoisotopic (exact) mass is 223 g/mol. The first-order chi connectivity index (χ1) is 7.63. The van der Waals surface area contributed by atoms with Crippen LogP contribution in [0.2, 0.25) is 0 Å². The molecular formula is C12H21N3O. The second-order valence-corrected chi connectivity index (χ2v) is 4.14. The van der Waals surface area contributed by atoms with Crippen molar-refractivity contribution in [2.45, 2.75) is 26.0 Å². The first-order valence-electron chi connectivity index (χ1n) is 5.61. The van der Waals surface area contributed by atoms with Crippen LogP contribution in [0.5, 0.6) is 0 Å². The van der Waals surface area contributed by atoms with E-state index in [1.54, 1.807) is 6.20 Å². The Balaban J connectivity index is 2.51. The molecule has 0 radical (unpaired) electrons. The molecule has 0 amide bonds. The van der Waals surface area contributed by atoms with Gasteiger partial charge in [0, 0.05) is 31.9 Å². The zero-order valence-corrected chi connectivity index (χ0v) is 10.3. The highest BCUT2D eigenvalue weighted by molar-refractivity contribution is 5.42. The van der Waals surface area contributed by atoms with Crippen molar-refractivity contribution in [3.63, 3.8) is 0 Å². The van der Waals surface area contributed by atoms with E-state index < -0.39 is 0 Å². The average molecular weight is 223 g/mol. The van der Waals surface area contributed by atoms with E-state index in [2.05, 4.69) is 28.3 Å². The summed E-state index contributed by atoms with van der Waals surface area (Å²) >= 11 is 0. The maximum Gasteiger partial charge on any atom is 0.130 e. The van der Waals surface area contributed by atoms with Gasteiger partial charge in [-0.2, -0.15) is 0 Å². The molecule has 1 heterocycles. The lowest BCUT2D eigenvalue weighted by Crippen LogP contribution is -2.22. The summed E-state index contributed by atoms with van der Waals surface area (Å²) in [5, 5.41) is 12.3. The number of pyridine rings is 1. The molecule has 0 aliphatic heterocycles. The molecule has 2 N–H and O–H groups in total. The predicted molar refractivity (Wildman–Crippen MR) is 66.4 cm³/mol. The number of aromatic nitrogens is 1. The number of aliphatic hydroxyl groups excluding tert-OH is 1. The molecule has 0 aliphatic rings. The highest BCUT2D eigenvalue weighted by Crippen LogP contribution is 2.12. The number of hydrogen-bond acceptors (Lipinski definition) is 4. The van der Waals surface area contributed by atoms with Gasteiger partial charge in [0.2, 0.25) is 0 Å². The summed E-state index contributed by atoms with van der Waals surface area (Å²) in [6.45, 7) is 3.55. The number of rotatable bonds is 6. The Morgan fingerprint density at radius 2 is 2.31 bits per heavy atom. The summed E-state index contributed by atoms with van der Waals surface area (Å²) in [4.78, 5) is 6.44. The summed E-state index contributed by atoms with van der Waals surface area (Å²) in [6.07, 6.45) is 2.34. The van der Waals surface area contributed by atoms with Crippen molar-refractivity contribution in [3.05, 3.63) is 23.9 Å². The van der Waals surface area contributed by atoms with Crippen LogP contribution in [0.25, 0.3) is 0 Å². The molecule has 4 heteroatoms. The van der Waals surface area contributed by atoms with Gasteiger partial charge in [0.25, 0.3) is 0 Å². The van der Waals surface area contributed by atoms with Crippen LogP contribution in [0.1, 0.15) is 18.9 Å². The SMILES string of the molecule is CNc1ncccc1CN(C)CCC(C)O. The van der Waals surface area contributed by atoms with Gasteiger partial charge < -0.3 is 15.3 Å². The van der Waals surface area contributed by atoms with Gasteiger partial charge in [-0.15, -0.1) is 0 Å². The summed E-state index contributed by atoms with van der Waals surface area (Å²) in [5.41, 5.74) is 1.18. The number of anilines is 1. The number of nitrogens with zero attached hydrogens (tertiary/aromatic N) is 2. The van der Waals surface area contributed by atoms with Gasteiger partial charge in [-0.25, -0.2) is 4.98 Å². The van der Waals surface area contributed by atoms with Gasteiger partial charge in [0.05, 0.1) is 6.10 Å². The van der Waals surface area contributed by atoms with Crippen LogP contribution in [0.4, 0.5) is 5.82 Å². The van der Waals surface area contributed by atoms with E-state index in [9.17, 15) is 5.11 Å². The molecule has 0 aliphatic carbocycles. The second kappa shape index (κ2) is 6.45. The van der Waals surface area contributed by atoms with Crippen molar-refractivity contribution in [1.82, 2.24) is 9.88 Å².